The van der Waals surface area contributed by atoms with Gasteiger partial charge in [0.2, 0.25) is 11.8 Å². The van der Waals surface area contributed by atoms with E-state index in [1.165, 1.54) is 0 Å². The number of likely N-dealkylation sites (tertiary alicyclic amines) is 1. The lowest BCUT2D eigenvalue weighted by atomic mass is 9.81. The standard InChI is InChI=1S/C14H18N2O5/c15-12(17)7-3-5-16(6-4-7)13(18)10-8-1-2-9(21-8)11(10)14(19)20/h1-2,7-11H,3-6H2,(H2,15,17)(H,19,20)/t8-,9-,10-,11-/m1/s1. The van der Waals surface area contributed by atoms with E-state index in [2.05, 4.69) is 0 Å². The van der Waals surface area contributed by atoms with Crippen LogP contribution in [0.1, 0.15) is 12.8 Å². The summed E-state index contributed by atoms with van der Waals surface area (Å²) < 4.78 is 5.52. The molecular formula is C14H18N2O5. The summed E-state index contributed by atoms with van der Waals surface area (Å²) in [4.78, 5) is 36.8. The number of nitrogens with zero attached hydrogens (tertiary/aromatic N) is 1. The number of carboxylic acid groups (broad SMARTS) is 1. The molecular weight excluding hydrogens is 276 g/mol. The highest BCUT2D eigenvalue weighted by atomic mass is 16.5. The minimum atomic E-state index is -1.00. The van der Waals surface area contributed by atoms with E-state index in [9.17, 15) is 19.5 Å². The maximum Gasteiger partial charge on any atom is 0.310 e. The van der Waals surface area contributed by atoms with Crippen molar-refractivity contribution >= 4 is 17.8 Å². The third-order valence-corrected chi connectivity index (χ3v) is 4.68. The van der Waals surface area contributed by atoms with Gasteiger partial charge in [0.15, 0.2) is 0 Å². The summed E-state index contributed by atoms with van der Waals surface area (Å²) in [5, 5.41) is 9.32. The molecule has 3 heterocycles. The minimum absolute atomic E-state index is 0.192. The number of ether oxygens (including phenoxy) is 1. The molecule has 0 aliphatic carbocycles. The number of fused-ring (bicyclic) bond motifs is 2. The smallest absolute Gasteiger partial charge is 0.310 e. The Morgan fingerprint density at radius 3 is 2.19 bits per heavy atom. The summed E-state index contributed by atoms with van der Waals surface area (Å²) in [5.41, 5.74) is 5.27. The van der Waals surface area contributed by atoms with E-state index in [0.29, 0.717) is 25.9 Å². The second kappa shape index (κ2) is 5.14. The molecule has 0 aromatic carbocycles. The van der Waals surface area contributed by atoms with Crippen LogP contribution in [0.25, 0.3) is 0 Å². The van der Waals surface area contributed by atoms with Gasteiger partial charge in [0.05, 0.1) is 18.1 Å². The predicted octanol–water partition coefficient (Wildman–Crippen LogP) is -0.635. The third-order valence-electron chi connectivity index (χ3n) is 4.68. The zero-order valence-electron chi connectivity index (χ0n) is 11.5. The second-order valence-electron chi connectivity index (χ2n) is 5.84. The van der Waals surface area contributed by atoms with Gasteiger partial charge in [0.25, 0.3) is 0 Å². The molecule has 2 amide bonds. The molecule has 2 bridgehead atoms. The van der Waals surface area contributed by atoms with Gasteiger partial charge < -0.3 is 20.5 Å². The largest absolute Gasteiger partial charge is 0.481 e. The van der Waals surface area contributed by atoms with Crippen LogP contribution >= 0.6 is 0 Å². The van der Waals surface area contributed by atoms with Crippen molar-refractivity contribution in [3.8, 4) is 0 Å². The van der Waals surface area contributed by atoms with Crippen LogP contribution in [-0.2, 0) is 19.1 Å². The van der Waals surface area contributed by atoms with Crippen molar-refractivity contribution in [2.24, 2.45) is 23.5 Å². The molecule has 2 saturated heterocycles. The van der Waals surface area contributed by atoms with Crippen LogP contribution in [0, 0.1) is 17.8 Å². The monoisotopic (exact) mass is 294 g/mol. The molecule has 0 aromatic rings. The van der Waals surface area contributed by atoms with E-state index in [1.807, 2.05) is 0 Å². The predicted molar refractivity (Wildman–Crippen MR) is 70.9 cm³/mol. The van der Waals surface area contributed by atoms with Gasteiger partial charge in [-0.15, -0.1) is 0 Å². The number of amides is 2. The Hall–Kier alpha value is -1.89. The first-order valence-electron chi connectivity index (χ1n) is 7.13. The van der Waals surface area contributed by atoms with Crippen molar-refractivity contribution < 1.29 is 24.2 Å². The average molecular weight is 294 g/mol. The van der Waals surface area contributed by atoms with Gasteiger partial charge in [-0.25, -0.2) is 0 Å². The lowest BCUT2D eigenvalue weighted by Crippen LogP contribution is -2.48. The Kier molecular flexibility index (Phi) is 3.44. The summed E-state index contributed by atoms with van der Waals surface area (Å²) in [7, 11) is 0. The van der Waals surface area contributed by atoms with Gasteiger partial charge in [0, 0.05) is 19.0 Å². The van der Waals surface area contributed by atoms with Crippen LogP contribution in [0.15, 0.2) is 12.2 Å². The fraction of sp³-hybridized carbons (Fsp3) is 0.643. The molecule has 7 nitrogen and oxygen atoms in total. The Labute approximate surface area is 121 Å². The van der Waals surface area contributed by atoms with Crippen LogP contribution in [0.2, 0.25) is 0 Å². The Bertz CT molecular complexity index is 509. The van der Waals surface area contributed by atoms with Crippen LogP contribution in [0.3, 0.4) is 0 Å². The number of hydrogen-bond donors (Lipinski definition) is 2. The average Bonchev–Trinajstić information content (AvgIpc) is 3.07. The first-order chi connectivity index (χ1) is 9.99. The van der Waals surface area contributed by atoms with Gasteiger partial charge >= 0.3 is 5.97 Å². The summed E-state index contributed by atoms with van der Waals surface area (Å²) in [6.07, 6.45) is 3.60. The quantitative estimate of drug-likeness (QED) is 0.673. The number of carboxylic acids is 1. The lowest BCUT2D eigenvalue weighted by Gasteiger charge is -2.34. The fourth-order valence-corrected chi connectivity index (χ4v) is 3.49. The molecule has 0 aromatic heterocycles. The van der Waals surface area contributed by atoms with Gasteiger partial charge in [-0.3, -0.25) is 14.4 Å². The maximum absolute atomic E-state index is 12.6. The van der Waals surface area contributed by atoms with Gasteiger partial charge in [-0.05, 0) is 12.8 Å². The number of nitrogens with two attached hydrogens (primary N) is 1. The van der Waals surface area contributed by atoms with E-state index in [0.717, 1.165) is 0 Å². The number of primary amides is 1. The van der Waals surface area contributed by atoms with Crippen molar-refractivity contribution in [2.75, 3.05) is 13.1 Å². The highest BCUT2D eigenvalue weighted by molar-refractivity contribution is 5.87. The number of hydrogen-bond acceptors (Lipinski definition) is 4. The molecule has 3 N–H and O–H groups in total. The summed E-state index contributed by atoms with van der Waals surface area (Å²) in [6.45, 7) is 0.882. The van der Waals surface area contributed by atoms with Crippen molar-refractivity contribution in [1.29, 1.82) is 0 Å². The number of piperidine rings is 1. The Morgan fingerprint density at radius 1 is 1.10 bits per heavy atom. The fourth-order valence-electron chi connectivity index (χ4n) is 3.49. The highest BCUT2D eigenvalue weighted by Crippen LogP contribution is 2.40. The van der Waals surface area contributed by atoms with Crippen molar-refractivity contribution in [1.82, 2.24) is 4.90 Å². The molecule has 0 saturated carbocycles. The first kappa shape index (κ1) is 14.1. The number of carbonyl (C=O) groups is 3. The Balaban J connectivity index is 1.70. The van der Waals surface area contributed by atoms with Crippen LogP contribution in [-0.4, -0.2) is 53.1 Å². The van der Waals surface area contributed by atoms with E-state index >= 15 is 0 Å². The summed E-state index contributed by atoms with van der Waals surface area (Å²) in [5.74, 6) is -3.21. The van der Waals surface area contributed by atoms with Crippen molar-refractivity contribution in [3.05, 3.63) is 12.2 Å². The first-order valence-corrected chi connectivity index (χ1v) is 7.13. The van der Waals surface area contributed by atoms with E-state index in [4.69, 9.17) is 10.5 Å². The Morgan fingerprint density at radius 2 is 1.67 bits per heavy atom. The van der Waals surface area contributed by atoms with Gasteiger partial charge in [-0.1, -0.05) is 12.2 Å². The second-order valence-corrected chi connectivity index (χ2v) is 5.84. The zero-order valence-corrected chi connectivity index (χ0v) is 11.5. The van der Waals surface area contributed by atoms with E-state index < -0.39 is 30.0 Å². The molecule has 4 atom stereocenters. The zero-order chi connectivity index (χ0) is 15.1. The topological polar surface area (TPSA) is 110 Å². The number of carbonyl (C=O) groups excluding carboxylic acids is 2. The molecule has 21 heavy (non-hydrogen) atoms. The molecule has 7 heteroatoms. The summed E-state index contributed by atoms with van der Waals surface area (Å²) >= 11 is 0. The normalized spacial score (nSPS) is 35.1. The van der Waals surface area contributed by atoms with E-state index in [-0.39, 0.29) is 17.7 Å². The van der Waals surface area contributed by atoms with Crippen molar-refractivity contribution in [2.45, 2.75) is 25.0 Å². The summed E-state index contributed by atoms with van der Waals surface area (Å²) in [6, 6.07) is 0. The van der Waals surface area contributed by atoms with E-state index in [1.54, 1.807) is 17.1 Å². The molecule has 2 fully saturated rings. The molecule has 0 unspecified atom stereocenters. The maximum atomic E-state index is 12.6. The molecule has 3 aliphatic heterocycles. The van der Waals surface area contributed by atoms with Crippen LogP contribution in [0.4, 0.5) is 0 Å². The van der Waals surface area contributed by atoms with Crippen molar-refractivity contribution in [3.63, 3.8) is 0 Å². The van der Waals surface area contributed by atoms with Crippen LogP contribution < -0.4 is 5.73 Å². The number of aliphatic carboxylic acids is 1. The minimum Gasteiger partial charge on any atom is -0.481 e. The highest BCUT2D eigenvalue weighted by Gasteiger charge is 2.54. The van der Waals surface area contributed by atoms with Crippen LogP contribution in [0.5, 0.6) is 0 Å². The molecule has 0 spiro atoms. The molecule has 114 valence electrons. The lowest BCUT2D eigenvalue weighted by molar-refractivity contribution is -0.150. The molecule has 0 radical (unpaired) electrons. The molecule has 3 aliphatic rings. The molecule has 3 rings (SSSR count). The van der Waals surface area contributed by atoms with Gasteiger partial charge in [-0.2, -0.15) is 0 Å². The third kappa shape index (κ3) is 2.31. The van der Waals surface area contributed by atoms with Gasteiger partial charge in [0.1, 0.15) is 5.92 Å². The number of rotatable bonds is 3. The SMILES string of the molecule is NC(=O)C1CCN(C(=O)[C@H]2[C@H](C(=O)O)[C@H]3C=C[C@H]2O3)CC1.